The maximum Gasteiger partial charge on any atom is 0.430 e. The quantitative estimate of drug-likeness (QED) is 0.456. The molecular weight excluding hydrogens is 539 g/mol. The third kappa shape index (κ3) is 6.37. The van der Waals surface area contributed by atoms with Gasteiger partial charge in [-0.05, 0) is 68.4 Å². The second kappa shape index (κ2) is 11.3. The Morgan fingerprint density at radius 1 is 1.10 bits per heavy atom. The largest absolute Gasteiger partial charge is 0.542 e. The minimum Gasteiger partial charge on any atom is -0.542 e. The lowest BCUT2D eigenvalue weighted by atomic mass is 9.53. The molecule has 4 bridgehead atoms. The molecule has 41 heavy (non-hydrogen) atoms. The van der Waals surface area contributed by atoms with Crippen molar-refractivity contribution in [2.24, 2.45) is 23.7 Å². The Bertz CT molecular complexity index is 1270. The van der Waals surface area contributed by atoms with Gasteiger partial charge in [0.2, 0.25) is 11.6 Å². The zero-order valence-corrected chi connectivity index (χ0v) is 23.6. The molecule has 2 aromatic heterocycles. The van der Waals surface area contributed by atoms with Gasteiger partial charge >= 0.3 is 17.9 Å². The van der Waals surface area contributed by atoms with Crippen LogP contribution in [0.25, 0.3) is 5.52 Å². The van der Waals surface area contributed by atoms with E-state index in [-0.39, 0.29) is 24.7 Å². The molecule has 2 amide bonds. The molecule has 2 aromatic rings. The highest BCUT2D eigenvalue weighted by Gasteiger charge is 2.52. The number of fused-ring (bicyclic) bond motifs is 1. The lowest BCUT2D eigenvalue weighted by Crippen LogP contribution is -3.11. The zero-order valence-electron chi connectivity index (χ0n) is 23.6. The number of carbonyl (C=O) groups excluding carboxylic acids is 3. The lowest BCUT2D eigenvalue weighted by molar-refractivity contribution is -0.919. The normalized spacial score (nSPS) is 30.4. The van der Waals surface area contributed by atoms with E-state index in [1.54, 1.807) is 4.90 Å². The van der Waals surface area contributed by atoms with E-state index in [2.05, 4.69) is 16.4 Å². The number of likely N-dealkylation sites (tertiary alicyclic amines) is 1. The Kier molecular flexibility index (Phi) is 8.06. The number of carboxylic acid groups (broad SMARTS) is 1. The molecule has 4 aliphatic carbocycles. The van der Waals surface area contributed by atoms with E-state index < -0.39 is 12.1 Å². The summed E-state index contributed by atoms with van der Waals surface area (Å²) < 4.78 is 33.6. The monoisotopic (exact) mass is 580 g/mol. The topological polar surface area (TPSA) is 114 Å². The van der Waals surface area contributed by atoms with E-state index in [1.807, 2.05) is 36.8 Å². The number of amides is 2. The van der Waals surface area contributed by atoms with E-state index in [1.165, 1.54) is 24.2 Å². The van der Waals surface area contributed by atoms with E-state index in [4.69, 9.17) is 9.90 Å². The van der Waals surface area contributed by atoms with Crippen LogP contribution in [-0.2, 0) is 16.1 Å². The second-order valence-electron chi connectivity index (χ2n) is 12.8. The van der Waals surface area contributed by atoms with Gasteiger partial charge in [-0.25, -0.2) is 4.98 Å². The molecular formula is C29H41F3N5O4+. The molecule has 12 heteroatoms. The molecule has 9 nitrogen and oxygen atoms in total. The van der Waals surface area contributed by atoms with Gasteiger partial charge < -0.3 is 25.0 Å². The van der Waals surface area contributed by atoms with Crippen LogP contribution in [0.2, 0.25) is 0 Å². The summed E-state index contributed by atoms with van der Waals surface area (Å²) in [5.74, 6) is 0.507. The van der Waals surface area contributed by atoms with E-state index in [0.717, 1.165) is 80.7 Å². The summed E-state index contributed by atoms with van der Waals surface area (Å²) in [6, 6.07) is 6.15. The number of rotatable bonds is 5. The first-order valence-electron chi connectivity index (χ1n) is 14.5. The first-order chi connectivity index (χ1) is 19.3. The number of pyridine rings is 1. The predicted molar refractivity (Wildman–Crippen MR) is 141 cm³/mol. The number of carbonyl (C=O) groups is 3. The van der Waals surface area contributed by atoms with Crippen molar-refractivity contribution < 1.29 is 43.4 Å². The summed E-state index contributed by atoms with van der Waals surface area (Å²) in [5, 5.41) is 12.3. The van der Waals surface area contributed by atoms with Crippen molar-refractivity contribution in [3.05, 3.63) is 35.9 Å². The van der Waals surface area contributed by atoms with E-state index in [0.29, 0.717) is 5.82 Å². The first-order valence-corrected chi connectivity index (χ1v) is 14.5. The maximum absolute atomic E-state index is 13.6. The SMILES string of the molecule is CN(C)C(=O)C1CC[NH+](Cc2[nH]c(C(=O)NC34CC5CC(CC(C5)C3)C4)[n+]3ccccc23)CC1.O=C([O-])C(F)(F)F.[HH]. The fourth-order valence-corrected chi connectivity index (χ4v) is 8.08. The summed E-state index contributed by atoms with van der Waals surface area (Å²) in [5.41, 5.74) is 2.20. The first kappa shape index (κ1) is 29.3. The third-order valence-corrected chi connectivity index (χ3v) is 9.45. The summed E-state index contributed by atoms with van der Waals surface area (Å²) >= 11 is 0. The number of hydrogen-bond donors (Lipinski definition) is 3. The molecule has 0 spiro atoms. The number of alkyl halides is 3. The fraction of sp³-hybridized carbons (Fsp3) is 0.655. The Morgan fingerprint density at radius 3 is 2.17 bits per heavy atom. The molecule has 1 saturated heterocycles. The van der Waals surface area contributed by atoms with Gasteiger partial charge in [0.25, 0.3) is 0 Å². The van der Waals surface area contributed by atoms with E-state index in [9.17, 15) is 22.8 Å². The van der Waals surface area contributed by atoms with E-state index >= 15 is 0 Å². The highest BCUT2D eigenvalue weighted by atomic mass is 19.4. The number of aliphatic carboxylic acids is 1. The van der Waals surface area contributed by atoms with Gasteiger partial charge in [-0.2, -0.15) is 17.6 Å². The number of nitrogens with zero attached hydrogens (tertiary/aromatic N) is 2. The molecule has 1 aliphatic heterocycles. The summed E-state index contributed by atoms with van der Waals surface area (Å²) in [6.07, 6.45) is 6.26. The number of aromatic nitrogens is 2. The van der Waals surface area contributed by atoms with Crippen molar-refractivity contribution in [2.75, 3.05) is 27.2 Å². The van der Waals surface area contributed by atoms with Crippen LogP contribution in [0.1, 0.15) is 69.1 Å². The Labute approximate surface area is 238 Å². The van der Waals surface area contributed by atoms with Crippen molar-refractivity contribution in [2.45, 2.75) is 69.6 Å². The van der Waals surface area contributed by atoms with Gasteiger partial charge in [0, 0.05) is 39.8 Å². The number of piperidine rings is 1. The molecule has 0 atom stereocenters. The molecule has 0 radical (unpaired) electrons. The van der Waals surface area contributed by atoms with Gasteiger partial charge in [-0.1, -0.05) is 6.07 Å². The number of imidazole rings is 1. The fourth-order valence-electron chi connectivity index (χ4n) is 8.08. The smallest absolute Gasteiger partial charge is 0.430 e. The number of aromatic amines is 1. The second-order valence-corrected chi connectivity index (χ2v) is 12.8. The predicted octanol–water partition coefficient (Wildman–Crippen LogP) is 0.880. The average Bonchev–Trinajstić information content (AvgIpc) is 3.26. The standard InChI is InChI=1S/C27H37N5O2.C2HF3O2.H2/c1-30(2)26(34)21-6-9-31(10-7-21)17-22-23-5-3-4-8-32(23)24(28-22)25(33)29-27-14-18-11-19(15-27)13-20(12-18)16-27;3-2(4,5)1(6)7;/h3-5,8,18-21H,6-7,9-17H2,1-2H3,(H,29,33);(H,6,7);1H/p+1. The minimum absolute atomic E-state index is 0. The summed E-state index contributed by atoms with van der Waals surface area (Å²) in [4.78, 5) is 41.5. The molecule has 0 aromatic carbocycles. The summed E-state index contributed by atoms with van der Waals surface area (Å²) in [6.45, 7) is 2.81. The van der Waals surface area contributed by atoms with Gasteiger partial charge in [0.15, 0.2) is 5.52 Å². The maximum atomic E-state index is 13.6. The van der Waals surface area contributed by atoms with Crippen LogP contribution in [0.3, 0.4) is 0 Å². The number of H-pyrrole nitrogens is 1. The summed E-state index contributed by atoms with van der Waals surface area (Å²) in [7, 11) is 3.69. The van der Waals surface area contributed by atoms with Crippen LogP contribution < -0.4 is 19.7 Å². The van der Waals surface area contributed by atoms with Crippen molar-refractivity contribution in [1.29, 1.82) is 0 Å². The molecule has 4 saturated carbocycles. The molecule has 5 aliphatic rings. The minimum atomic E-state index is -5.19. The van der Waals surface area contributed by atoms with Crippen molar-refractivity contribution in [3.8, 4) is 0 Å². The third-order valence-electron chi connectivity index (χ3n) is 9.45. The van der Waals surface area contributed by atoms with Crippen molar-refractivity contribution in [1.82, 2.24) is 15.2 Å². The van der Waals surface area contributed by atoms with Gasteiger partial charge in [-0.3, -0.25) is 9.59 Å². The van der Waals surface area contributed by atoms with Crippen LogP contribution >= 0.6 is 0 Å². The number of hydrogen-bond acceptors (Lipinski definition) is 4. The van der Waals surface area contributed by atoms with Gasteiger partial charge in [-0.15, -0.1) is 0 Å². The Morgan fingerprint density at radius 2 is 1.66 bits per heavy atom. The molecule has 226 valence electrons. The molecule has 7 rings (SSSR count). The molecule has 5 fully saturated rings. The van der Waals surface area contributed by atoms with Gasteiger partial charge in [0.1, 0.15) is 12.5 Å². The van der Waals surface area contributed by atoms with Crippen molar-refractivity contribution in [3.63, 3.8) is 0 Å². The van der Waals surface area contributed by atoms with Gasteiger partial charge in [0.05, 0.1) is 19.3 Å². The van der Waals surface area contributed by atoms with Crippen LogP contribution in [0, 0.1) is 23.7 Å². The van der Waals surface area contributed by atoms with Crippen molar-refractivity contribution >= 4 is 23.3 Å². The average molecular weight is 581 g/mol. The molecule has 0 unspecified atom stereocenters. The Hall–Kier alpha value is -3.15. The van der Waals surface area contributed by atoms with Crippen LogP contribution in [0.5, 0.6) is 0 Å². The number of carboxylic acids is 1. The lowest BCUT2D eigenvalue weighted by Gasteiger charge is -2.56. The number of quaternary nitrogens is 1. The Balaban J connectivity index is 0.000000454. The zero-order chi connectivity index (χ0) is 29.5. The highest BCUT2D eigenvalue weighted by molar-refractivity contribution is 5.90. The molecule has 3 heterocycles. The van der Waals surface area contributed by atoms with Crippen LogP contribution in [0.15, 0.2) is 24.4 Å². The number of nitrogens with one attached hydrogen (secondary N) is 3. The molecule has 3 N–H and O–H groups in total. The van der Waals surface area contributed by atoms with Crippen LogP contribution in [0.4, 0.5) is 13.2 Å². The highest BCUT2D eigenvalue weighted by Crippen LogP contribution is 2.55. The number of halogens is 3. The van der Waals surface area contributed by atoms with Crippen LogP contribution in [-0.4, -0.2) is 66.6 Å².